The highest BCUT2D eigenvalue weighted by molar-refractivity contribution is 7.87. The van der Waals surface area contributed by atoms with Crippen LogP contribution >= 0.6 is 0 Å². The normalized spacial score (nSPS) is 24.2. The monoisotopic (exact) mass is 264 g/mol. The second-order valence-corrected chi connectivity index (χ2v) is 7.14. The van der Waals surface area contributed by atoms with Gasteiger partial charge >= 0.3 is 0 Å². The highest BCUT2D eigenvalue weighted by Gasteiger charge is 2.18. The van der Waals surface area contributed by atoms with Gasteiger partial charge in [0.25, 0.3) is 0 Å². The molecule has 4 heteroatoms. The summed E-state index contributed by atoms with van der Waals surface area (Å²) in [5, 5.41) is 1.97. The van der Waals surface area contributed by atoms with E-state index in [9.17, 15) is 8.42 Å². The molecule has 0 saturated heterocycles. The zero-order valence-corrected chi connectivity index (χ0v) is 10.9. The molecule has 0 fully saturated rings. The van der Waals surface area contributed by atoms with Gasteiger partial charge in [-0.15, -0.1) is 0 Å². The Kier molecular flexibility index (Phi) is 2.84. The zero-order valence-electron chi connectivity index (χ0n) is 9.22. The summed E-state index contributed by atoms with van der Waals surface area (Å²) >= 11 is 0. The first-order valence-electron chi connectivity index (χ1n) is 5.56. The fraction of sp³-hybridized carbons (Fsp3) is 0.231. The van der Waals surface area contributed by atoms with Gasteiger partial charge in [-0.05, 0) is 23.9 Å². The lowest BCUT2D eigenvalue weighted by atomic mass is 10.1. The minimum Gasteiger partial charge on any atom is -0.254 e. The first-order chi connectivity index (χ1) is 8.27. The third-order valence-corrected chi connectivity index (χ3v) is 5.96. The van der Waals surface area contributed by atoms with Crippen molar-refractivity contribution in [1.29, 1.82) is 0 Å². The van der Waals surface area contributed by atoms with E-state index in [-0.39, 0.29) is 0 Å². The molecule has 2 atom stereocenters. The van der Waals surface area contributed by atoms with Crippen molar-refractivity contribution in [3.8, 4) is 0 Å². The number of benzene rings is 2. The highest BCUT2D eigenvalue weighted by atomic mass is 32.2. The van der Waals surface area contributed by atoms with E-state index in [1.54, 1.807) is 0 Å². The van der Waals surface area contributed by atoms with Crippen LogP contribution in [0.25, 0.3) is 10.8 Å². The van der Waals surface area contributed by atoms with E-state index in [1.807, 2.05) is 36.4 Å². The van der Waals surface area contributed by atoms with Crippen molar-refractivity contribution in [2.45, 2.75) is 16.2 Å². The van der Waals surface area contributed by atoms with Gasteiger partial charge in [0.15, 0.2) is 0 Å². The molecule has 17 heavy (non-hydrogen) atoms. The molecule has 1 aliphatic heterocycles. The SMILES string of the molecule is O=S1CCCS(=O)c2cccc3cccc1c23. The van der Waals surface area contributed by atoms with Crippen molar-refractivity contribution in [2.24, 2.45) is 0 Å². The van der Waals surface area contributed by atoms with E-state index in [1.165, 1.54) is 0 Å². The van der Waals surface area contributed by atoms with Crippen molar-refractivity contribution in [3.05, 3.63) is 36.4 Å². The van der Waals surface area contributed by atoms with Gasteiger partial charge in [0.05, 0.1) is 21.6 Å². The Bertz CT molecular complexity index is 584. The van der Waals surface area contributed by atoms with Gasteiger partial charge in [-0.2, -0.15) is 0 Å². The van der Waals surface area contributed by atoms with E-state index in [0.717, 1.165) is 27.0 Å². The summed E-state index contributed by atoms with van der Waals surface area (Å²) in [6.07, 6.45) is 0.754. The molecule has 0 amide bonds. The zero-order chi connectivity index (χ0) is 11.8. The van der Waals surface area contributed by atoms with Crippen molar-refractivity contribution in [2.75, 3.05) is 11.5 Å². The molecule has 2 unspecified atom stereocenters. The molecule has 2 nitrogen and oxygen atoms in total. The lowest BCUT2D eigenvalue weighted by Crippen LogP contribution is -2.10. The molecular weight excluding hydrogens is 252 g/mol. The van der Waals surface area contributed by atoms with Gasteiger partial charge in [0, 0.05) is 26.7 Å². The van der Waals surface area contributed by atoms with Crippen LogP contribution in [0.3, 0.4) is 0 Å². The van der Waals surface area contributed by atoms with Crippen LogP contribution in [-0.2, 0) is 21.6 Å². The maximum absolute atomic E-state index is 12.2. The van der Waals surface area contributed by atoms with Crippen molar-refractivity contribution in [1.82, 2.24) is 0 Å². The summed E-state index contributed by atoms with van der Waals surface area (Å²) in [5.74, 6) is 1.22. The molecule has 0 radical (unpaired) electrons. The maximum atomic E-state index is 12.2. The topological polar surface area (TPSA) is 34.1 Å². The fourth-order valence-electron chi connectivity index (χ4n) is 2.19. The molecule has 2 aromatic carbocycles. The van der Waals surface area contributed by atoms with Gasteiger partial charge in [0.2, 0.25) is 0 Å². The predicted molar refractivity (Wildman–Crippen MR) is 71.1 cm³/mol. The minimum atomic E-state index is -0.966. The average molecular weight is 264 g/mol. The van der Waals surface area contributed by atoms with E-state index < -0.39 is 21.6 Å². The Hall–Kier alpha value is -1.00. The van der Waals surface area contributed by atoms with E-state index in [0.29, 0.717) is 11.5 Å². The van der Waals surface area contributed by atoms with E-state index in [2.05, 4.69) is 0 Å². The summed E-state index contributed by atoms with van der Waals surface area (Å²) < 4.78 is 24.3. The third kappa shape index (κ3) is 1.85. The van der Waals surface area contributed by atoms with Crippen molar-refractivity contribution in [3.63, 3.8) is 0 Å². The van der Waals surface area contributed by atoms with E-state index in [4.69, 9.17) is 0 Å². The van der Waals surface area contributed by atoms with Gasteiger partial charge in [-0.25, -0.2) is 0 Å². The van der Waals surface area contributed by atoms with Crippen LogP contribution in [0, 0.1) is 0 Å². The first-order valence-corrected chi connectivity index (χ1v) is 8.19. The fourth-order valence-corrected chi connectivity index (χ4v) is 5.07. The molecule has 1 aliphatic rings. The lowest BCUT2D eigenvalue weighted by molar-refractivity contribution is 0.677. The standard InChI is InChI=1S/C13H12O2S2/c14-16-8-3-9-17(15)12-7-2-5-10-4-1-6-11(16)13(10)12/h1-2,4-7H,3,8-9H2. The number of hydrogen-bond acceptors (Lipinski definition) is 2. The van der Waals surface area contributed by atoms with Crippen LogP contribution in [0.5, 0.6) is 0 Å². The Morgan fingerprint density at radius 3 is 1.88 bits per heavy atom. The molecule has 88 valence electrons. The van der Waals surface area contributed by atoms with Gasteiger partial charge in [0.1, 0.15) is 0 Å². The molecule has 0 bridgehead atoms. The average Bonchev–Trinajstić information content (AvgIpc) is 2.35. The van der Waals surface area contributed by atoms with Crippen LogP contribution in [0.15, 0.2) is 46.2 Å². The van der Waals surface area contributed by atoms with Crippen LogP contribution < -0.4 is 0 Å². The number of hydrogen-bond donors (Lipinski definition) is 0. The molecule has 2 aromatic rings. The molecule has 0 aromatic heterocycles. The van der Waals surface area contributed by atoms with Crippen LogP contribution in [0.1, 0.15) is 6.42 Å². The molecule has 0 aliphatic carbocycles. The summed E-state index contributed by atoms with van der Waals surface area (Å²) in [7, 11) is -1.93. The second kappa shape index (κ2) is 4.35. The maximum Gasteiger partial charge on any atom is 0.0536 e. The summed E-state index contributed by atoms with van der Waals surface area (Å²) in [4.78, 5) is 1.68. The third-order valence-electron chi connectivity index (χ3n) is 2.98. The Morgan fingerprint density at radius 2 is 1.35 bits per heavy atom. The van der Waals surface area contributed by atoms with Crippen molar-refractivity contribution >= 4 is 32.4 Å². The lowest BCUT2D eigenvalue weighted by Gasteiger charge is -2.14. The predicted octanol–water partition coefficient (Wildman–Crippen LogP) is 2.46. The van der Waals surface area contributed by atoms with Gasteiger partial charge < -0.3 is 0 Å². The van der Waals surface area contributed by atoms with Crippen LogP contribution in [0.4, 0.5) is 0 Å². The molecule has 0 spiro atoms. The first kappa shape index (κ1) is 11.1. The Morgan fingerprint density at radius 1 is 0.824 bits per heavy atom. The molecule has 0 saturated carbocycles. The second-order valence-electron chi connectivity index (χ2n) is 4.06. The summed E-state index contributed by atoms with van der Waals surface area (Å²) in [5.41, 5.74) is 0. The molecule has 3 rings (SSSR count). The van der Waals surface area contributed by atoms with Gasteiger partial charge in [-0.3, -0.25) is 8.42 Å². The molecular formula is C13H12O2S2. The van der Waals surface area contributed by atoms with Crippen LogP contribution in [0.2, 0.25) is 0 Å². The Balaban J connectivity index is 2.44. The summed E-state index contributed by atoms with van der Waals surface area (Å²) in [6, 6.07) is 11.6. The van der Waals surface area contributed by atoms with E-state index >= 15 is 0 Å². The van der Waals surface area contributed by atoms with Crippen LogP contribution in [-0.4, -0.2) is 19.9 Å². The Labute approximate surface area is 105 Å². The largest absolute Gasteiger partial charge is 0.254 e. The van der Waals surface area contributed by atoms with Crippen molar-refractivity contribution < 1.29 is 8.42 Å². The quantitative estimate of drug-likeness (QED) is 0.732. The summed E-state index contributed by atoms with van der Waals surface area (Å²) in [6.45, 7) is 0. The molecule has 1 heterocycles. The highest BCUT2D eigenvalue weighted by Crippen LogP contribution is 2.30. The number of rotatable bonds is 0. The van der Waals surface area contributed by atoms with Gasteiger partial charge in [-0.1, -0.05) is 24.3 Å². The molecule has 0 N–H and O–H groups in total. The minimum absolute atomic E-state index is 0.610. The smallest absolute Gasteiger partial charge is 0.0536 e.